The summed E-state index contributed by atoms with van der Waals surface area (Å²) in [6.07, 6.45) is 4.27. The number of carboxylic acids is 1. The van der Waals surface area contributed by atoms with Gasteiger partial charge in [0.2, 0.25) is 11.8 Å². The number of hydrogen-bond donors (Lipinski definition) is 3. The maximum Gasteiger partial charge on any atom is 0.341 e. The molecule has 220 valence electrons. The Morgan fingerprint density at radius 3 is 2.45 bits per heavy atom. The van der Waals surface area contributed by atoms with Crippen molar-refractivity contribution in [3.63, 3.8) is 0 Å². The zero-order valence-electron chi connectivity index (χ0n) is 23.9. The van der Waals surface area contributed by atoms with E-state index in [1.165, 1.54) is 30.2 Å². The minimum Gasteiger partial charge on any atom is -0.478 e. The van der Waals surface area contributed by atoms with E-state index in [2.05, 4.69) is 31.4 Å². The number of thioether (sulfide) groups is 1. The van der Waals surface area contributed by atoms with E-state index in [9.17, 15) is 19.2 Å². The summed E-state index contributed by atoms with van der Waals surface area (Å²) < 4.78 is 5.13. The highest BCUT2D eigenvalue weighted by atomic mass is 32.2. The Morgan fingerprint density at radius 2 is 1.79 bits per heavy atom. The van der Waals surface area contributed by atoms with E-state index in [0.717, 1.165) is 47.4 Å². The van der Waals surface area contributed by atoms with Crippen LogP contribution in [-0.2, 0) is 32.0 Å². The summed E-state index contributed by atoms with van der Waals surface area (Å²) in [6, 6.07) is 16.3. The predicted octanol–water partition coefficient (Wildman–Crippen LogP) is 6.74. The molecule has 10 heteroatoms. The lowest BCUT2D eigenvalue weighted by molar-refractivity contribution is -0.131. The number of benzene rings is 2. The Labute approximate surface area is 253 Å². The number of thiophene rings is 1. The van der Waals surface area contributed by atoms with Crippen LogP contribution in [0.15, 0.2) is 71.6 Å². The topological polar surface area (TPSA) is 122 Å². The molecule has 0 aliphatic heterocycles. The van der Waals surface area contributed by atoms with E-state index in [0.29, 0.717) is 27.1 Å². The normalized spacial score (nSPS) is 15.5. The van der Waals surface area contributed by atoms with Crippen LogP contribution < -0.4 is 10.6 Å². The second-order valence-electron chi connectivity index (χ2n) is 11.1. The molecule has 2 amide bonds. The van der Waals surface area contributed by atoms with Crippen LogP contribution in [0.4, 0.5) is 10.7 Å². The highest BCUT2D eigenvalue weighted by Crippen LogP contribution is 2.45. The Hall–Kier alpha value is -3.89. The molecule has 8 nitrogen and oxygen atoms in total. The van der Waals surface area contributed by atoms with Crippen molar-refractivity contribution in [1.82, 2.24) is 0 Å². The van der Waals surface area contributed by atoms with E-state index in [4.69, 9.17) is 9.84 Å². The van der Waals surface area contributed by atoms with Gasteiger partial charge in [-0.3, -0.25) is 9.59 Å². The lowest BCUT2D eigenvalue weighted by Gasteiger charge is -2.33. The zero-order chi connectivity index (χ0) is 30.4. The third-order valence-electron chi connectivity index (χ3n) is 7.19. The van der Waals surface area contributed by atoms with E-state index in [1.54, 1.807) is 18.2 Å². The average molecular weight is 607 g/mol. The van der Waals surface area contributed by atoms with Gasteiger partial charge in [0.05, 0.1) is 12.7 Å². The summed E-state index contributed by atoms with van der Waals surface area (Å²) >= 11 is 2.75. The number of amides is 2. The largest absolute Gasteiger partial charge is 0.478 e. The van der Waals surface area contributed by atoms with Gasteiger partial charge in [0, 0.05) is 27.6 Å². The number of esters is 1. The molecular weight excluding hydrogens is 572 g/mol. The quantitative estimate of drug-likeness (QED) is 0.140. The smallest absolute Gasteiger partial charge is 0.341 e. The third kappa shape index (κ3) is 7.68. The van der Waals surface area contributed by atoms with Crippen molar-refractivity contribution in [2.24, 2.45) is 11.3 Å². The fourth-order valence-electron chi connectivity index (χ4n) is 4.92. The summed E-state index contributed by atoms with van der Waals surface area (Å²) in [5.41, 5.74) is 2.76. The lowest BCUT2D eigenvalue weighted by atomic mass is 9.72. The van der Waals surface area contributed by atoms with Crippen molar-refractivity contribution >= 4 is 57.5 Å². The van der Waals surface area contributed by atoms with Gasteiger partial charge in [-0.15, -0.1) is 23.1 Å². The fraction of sp³-hybridized carbons (Fsp3) is 0.312. The van der Waals surface area contributed by atoms with E-state index in [-0.39, 0.29) is 11.3 Å². The number of rotatable bonds is 9. The van der Waals surface area contributed by atoms with E-state index >= 15 is 0 Å². The van der Waals surface area contributed by atoms with E-state index < -0.39 is 23.1 Å². The molecule has 0 saturated heterocycles. The highest BCUT2D eigenvalue weighted by molar-refractivity contribution is 8.00. The first kappa shape index (κ1) is 31.1. The Morgan fingerprint density at radius 1 is 1.05 bits per heavy atom. The molecule has 3 aromatic rings. The summed E-state index contributed by atoms with van der Waals surface area (Å²) in [5.74, 6) is -2.08. The van der Waals surface area contributed by atoms with Crippen LogP contribution in [-0.4, -0.2) is 36.0 Å². The molecule has 3 N–H and O–H groups in total. The van der Waals surface area contributed by atoms with Gasteiger partial charge >= 0.3 is 11.9 Å². The highest BCUT2D eigenvalue weighted by Gasteiger charge is 2.35. The minimum absolute atomic E-state index is 0.131. The van der Waals surface area contributed by atoms with Crippen molar-refractivity contribution in [2.45, 2.75) is 50.2 Å². The van der Waals surface area contributed by atoms with Gasteiger partial charge in [-0.1, -0.05) is 57.2 Å². The molecule has 2 atom stereocenters. The molecule has 2 aromatic carbocycles. The summed E-state index contributed by atoms with van der Waals surface area (Å²) in [6.45, 7) is 6.69. The number of hydrogen-bond acceptors (Lipinski definition) is 7. The molecule has 0 saturated carbocycles. The molecule has 0 fully saturated rings. The number of carbonyl (C=O) groups is 4. The molecule has 0 spiro atoms. The maximum atomic E-state index is 13.9. The third-order valence-corrected chi connectivity index (χ3v) is 9.61. The predicted molar refractivity (Wildman–Crippen MR) is 166 cm³/mol. The number of fused-ring (bicyclic) bond motifs is 1. The van der Waals surface area contributed by atoms with Crippen LogP contribution in [0.1, 0.15) is 58.8 Å². The Kier molecular flexibility index (Phi) is 9.90. The Balaban J connectivity index is 1.62. The lowest BCUT2D eigenvalue weighted by Crippen LogP contribution is -2.26. The molecular formula is C32H34N2O6S2. The number of carbonyl (C=O) groups excluding carboxylic acids is 3. The van der Waals surface area contributed by atoms with Crippen LogP contribution in [0.25, 0.3) is 0 Å². The van der Waals surface area contributed by atoms with Gasteiger partial charge in [-0.05, 0) is 59.9 Å². The molecule has 1 aliphatic carbocycles. The van der Waals surface area contributed by atoms with Gasteiger partial charge in [0.15, 0.2) is 0 Å². The first-order valence-corrected chi connectivity index (χ1v) is 15.2. The van der Waals surface area contributed by atoms with E-state index in [1.807, 2.05) is 36.4 Å². The molecule has 0 bridgehead atoms. The molecule has 42 heavy (non-hydrogen) atoms. The number of carboxylic acid groups (broad SMARTS) is 1. The molecule has 1 aromatic heterocycles. The fourth-order valence-corrected chi connectivity index (χ4v) is 7.33. The standard InChI is InChI=1S/C32H34N2O6S2/c1-32(2,3)20-13-14-23-24(17-20)42-30(27(23)31(39)40-4)34-29(38)28(19-9-6-5-7-10-19)41-22-12-8-11-21(18-22)33-25(35)15-16-26(36)37/h5-12,15-16,18,20,28H,13-14,17H2,1-4H3,(H,33,35)(H,34,38)(H,36,37)/b16-15+. The number of nitrogens with one attached hydrogen (secondary N) is 2. The van der Waals surface area contributed by atoms with Crippen molar-refractivity contribution in [3.8, 4) is 0 Å². The summed E-state index contributed by atoms with van der Waals surface area (Å²) in [5, 5.41) is 14.3. The molecule has 1 aliphatic rings. The maximum absolute atomic E-state index is 13.9. The van der Waals surface area contributed by atoms with Gasteiger partial charge < -0.3 is 20.5 Å². The van der Waals surface area contributed by atoms with Crippen LogP contribution in [0.2, 0.25) is 0 Å². The van der Waals surface area contributed by atoms with Crippen molar-refractivity contribution in [1.29, 1.82) is 0 Å². The number of aliphatic carboxylic acids is 1. The second-order valence-corrected chi connectivity index (χ2v) is 13.4. The minimum atomic E-state index is -1.22. The molecule has 4 rings (SSSR count). The van der Waals surface area contributed by atoms with Gasteiger partial charge in [0.25, 0.3) is 0 Å². The Bertz CT molecular complexity index is 1510. The summed E-state index contributed by atoms with van der Waals surface area (Å²) in [4.78, 5) is 51.5. The number of methoxy groups -OCH3 is 1. The first-order valence-electron chi connectivity index (χ1n) is 13.5. The van der Waals surface area contributed by atoms with Crippen LogP contribution in [0, 0.1) is 11.3 Å². The monoisotopic (exact) mass is 606 g/mol. The molecule has 1 heterocycles. The number of anilines is 2. The van der Waals surface area contributed by atoms with Crippen LogP contribution in [0.3, 0.4) is 0 Å². The zero-order valence-corrected chi connectivity index (χ0v) is 25.6. The SMILES string of the molecule is COC(=O)c1c(NC(=O)C(Sc2cccc(NC(=O)/C=C/C(=O)O)c2)c2ccccc2)sc2c1CCC(C(C)(C)C)C2. The molecule has 2 unspecified atom stereocenters. The van der Waals surface area contributed by atoms with Gasteiger partial charge in [-0.25, -0.2) is 9.59 Å². The van der Waals surface area contributed by atoms with Crippen LogP contribution in [0.5, 0.6) is 0 Å². The first-order chi connectivity index (χ1) is 20.0. The summed E-state index contributed by atoms with van der Waals surface area (Å²) in [7, 11) is 1.35. The van der Waals surface area contributed by atoms with Gasteiger partial charge in [-0.2, -0.15) is 0 Å². The molecule has 0 radical (unpaired) electrons. The average Bonchev–Trinajstić information content (AvgIpc) is 3.31. The van der Waals surface area contributed by atoms with Gasteiger partial charge in [0.1, 0.15) is 10.3 Å². The van der Waals surface area contributed by atoms with Crippen molar-refractivity contribution in [2.75, 3.05) is 17.7 Å². The number of ether oxygens (including phenoxy) is 1. The van der Waals surface area contributed by atoms with Crippen molar-refractivity contribution in [3.05, 3.63) is 88.3 Å². The van der Waals surface area contributed by atoms with Crippen molar-refractivity contribution < 1.29 is 29.0 Å². The van der Waals surface area contributed by atoms with Crippen LogP contribution >= 0.6 is 23.1 Å². The second kappa shape index (κ2) is 13.4.